The normalized spacial score (nSPS) is 22.4. The van der Waals surface area contributed by atoms with Crippen LogP contribution in [0.4, 0.5) is 0 Å². The molecule has 1 aromatic heterocycles. The zero-order valence-electron chi connectivity index (χ0n) is 10.2. The highest BCUT2D eigenvalue weighted by molar-refractivity contribution is 6.33. The monoisotopic (exact) mass is 252 g/mol. The van der Waals surface area contributed by atoms with Crippen molar-refractivity contribution in [3.8, 4) is 0 Å². The van der Waals surface area contributed by atoms with Crippen molar-refractivity contribution in [2.45, 2.75) is 39.2 Å². The first-order chi connectivity index (χ1) is 7.98. The number of rotatable bonds is 2. The van der Waals surface area contributed by atoms with Crippen LogP contribution in [0.2, 0.25) is 5.02 Å². The minimum Gasteiger partial charge on any atom is -0.349 e. The van der Waals surface area contributed by atoms with Gasteiger partial charge in [-0.25, -0.2) is 0 Å². The van der Waals surface area contributed by atoms with Gasteiger partial charge in [-0.1, -0.05) is 25.4 Å². The van der Waals surface area contributed by atoms with Gasteiger partial charge in [0, 0.05) is 18.4 Å². The van der Waals surface area contributed by atoms with E-state index < -0.39 is 0 Å². The van der Waals surface area contributed by atoms with Crippen molar-refractivity contribution < 1.29 is 4.79 Å². The van der Waals surface area contributed by atoms with Crippen LogP contribution in [0.25, 0.3) is 0 Å². The quantitative estimate of drug-likeness (QED) is 0.879. The molecule has 1 saturated carbocycles. The van der Waals surface area contributed by atoms with Crippen molar-refractivity contribution in [1.82, 2.24) is 10.3 Å². The first-order valence-electron chi connectivity index (χ1n) is 5.88. The van der Waals surface area contributed by atoms with Crippen molar-refractivity contribution in [1.29, 1.82) is 0 Å². The second kappa shape index (κ2) is 4.65. The summed E-state index contributed by atoms with van der Waals surface area (Å²) in [4.78, 5) is 15.9. The SMILES string of the molecule is CC1(C)CCC(NC(=O)c2cnccc2Cl)C1. The van der Waals surface area contributed by atoms with Crippen LogP contribution in [0, 0.1) is 5.41 Å². The average molecular weight is 253 g/mol. The summed E-state index contributed by atoms with van der Waals surface area (Å²) >= 11 is 5.96. The Kier molecular flexibility index (Phi) is 3.38. The fraction of sp³-hybridized carbons (Fsp3) is 0.538. The standard InChI is InChI=1S/C13H17ClN2O/c1-13(2)5-3-9(7-13)16-12(17)10-8-15-6-4-11(10)14/h4,6,8-9H,3,5,7H2,1-2H3,(H,16,17). The molecular weight excluding hydrogens is 236 g/mol. The Labute approximate surface area is 107 Å². The third-order valence-corrected chi connectivity index (χ3v) is 3.65. The van der Waals surface area contributed by atoms with E-state index in [0.29, 0.717) is 16.0 Å². The number of halogens is 1. The first-order valence-corrected chi connectivity index (χ1v) is 6.26. The molecule has 1 unspecified atom stereocenters. The number of carbonyl (C=O) groups is 1. The number of carbonyl (C=O) groups excluding carboxylic acids is 1. The van der Waals surface area contributed by atoms with Gasteiger partial charge in [0.1, 0.15) is 0 Å². The summed E-state index contributed by atoms with van der Waals surface area (Å²) in [6.07, 6.45) is 6.31. The van der Waals surface area contributed by atoms with Crippen LogP contribution in [0.3, 0.4) is 0 Å². The van der Waals surface area contributed by atoms with Crippen LogP contribution >= 0.6 is 11.6 Å². The summed E-state index contributed by atoms with van der Waals surface area (Å²) in [6.45, 7) is 4.46. The molecule has 92 valence electrons. The molecular formula is C13H17ClN2O. The Morgan fingerprint density at radius 1 is 1.59 bits per heavy atom. The molecule has 17 heavy (non-hydrogen) atoms. The summed E-state index contributed by atoms with van der Waals surface area (Å²) in [6, 6.07) is 1.89. The van der Waals surface area contributed by atoms with Crippen LogP contribution in [-0.2, 0) is 0 Å². The number of hydrogen-bond donors (Lipinski definition) is 1. The molecule has 0 radical (unpaired) electrons. The lowest BCUT2D eigenvalue weighted by Crippen LogP contribution is -2.33. The predicted octanol–water partition coefficient (Wildman–Crippen LogP) is 3.04. The van der Waals surface area contributed by atoms with Gasteiger partial charge in [-0.2, -0.15) is 0 Å². The zero-order valence-corrected chi connectivity index (χ0v) is 10.9. The molecule has 1 N–H and O–H groups in total. The Hall–Kier alpha value is -1.09. The van der Waals surface area contributed by atoms with Gasteiger partial charge in [-0.3, -0.25) is 9.78 Å². The maximum absolute atomic E-state index is 12.0. The zero-order chi connectivity index (χ0) is 12.5. The fourth-order valence-electron chi connectivity index (χ4n) is 2.37. The second-order valence-corrected chi connectivity index (χ2v) is 5.84. The summed E-state index contributed by atoms with van der Waals surface area (Å²) in [5, 5.41) is 3.48. The second-order valence-electron chi connectivity index (χ2n) is 5.43. The topological polar surface area (TPSA) is 42.0 Å². The lowest BCUT2D eigenvalue weighted by Gasteiger charge is -2.18. The van der Waals surface area contributed by atoms with E-state index in [1.54, 1.807) is 12.3 Å². The van der Waals surface area contributed by atoms with Crippen molar-refractivity contribution >= 4 is 17.5 Å². The largest absolute Gasteiger partial charge is 0.349 e. The minimum atomic E-state index is -0.120. The molecule has 4 heteroatoms. The van der Waals surface area contributed by atoms with E-state index in [-0.39, 0.29) is 11.9 Å². The summed E-state index contributed by atoms with van der Waals surface area (Å²) in [7, 11) is 0. The number of nitrogens with zero attached hydrogens (tertiary/aromatic N) is 1. The maximum Gasteiger partial charge on any atom is 0.254 e. The van der Waals surface area contributed by atoms with Crippen LogP contribution in [-0.4, -0.2) is 16.9 Å². The van der Waals surface area contributed by atoms with E-state index in [1.807, 2.05) is 0 Å². The molecule has 0 saturated heterocycles. The molecule has 1 aliphatic carbocycles. The van der Waals surface area contributed by atoms with Gasteiger partial charge < -0.3 is 5.32 Å². The highest BCUT2D eigenvalue weighted by Crippen LogP contribution is 2.37. The van der Waals surface area contributed by atoms with Crippen molar-refractivity contribution in [3.05, 3.63) is 29.0 Å². The number of aromatic nitrogens is 1. The van der Waals surface area contributed by atoms with E-state index in [2.05, 4.69) is 24.1 Å². The van der Waals surface area contributed by atoms with Gasteiger partial charge in [-0.15, -0.1) is 0 Å². The van der Waals surface area contributed by atoms with Gasteiger partial charge in [0.2, 0.25) is 0 Å². The number of pyridine rings is 1. The van der Waals surface area contributed by atoms with Gasteiger partial charge in [0.25, 0.3) is 5.91 Å². The predicted molar refractivity (Wildman–Crippen MR) is 68.1 cm³/mol. The Morgan fingerprint density at radius 3 is 2.94 bits per heavy atom. The Morgan fingerprint density at radius 2 is 2.35 bits per heavy atom. The van der Waals surface area contributed by atoms with Crippen LogP contribution < -0.4 is 5.32 Å². The van der Waals surface area contributed by atoms with Gasteiger partial charge in [-0.05, 0) is 30.7 Å². The lowest BCUT2D eigenvalue weighted by molar-refractivity contribution is 0.0936. The van der Waals surface area contributed by atoms with Crippen LogP contribution in [0.1, 0.15) is 43.5 Å². The molecule has 0 aliphatic heterocycles. The molecule has 1 fully saturated rings. The van der Waals surface area contributed by atoms with E-state index >= 15 is 0 Å². The van der Waals surface area contributed by atoms with E-state index in [1.165, 1.54) is 6.20 Å². The number of hydrogen-bond acceptors (Lipinski definition) is 2. The summed E-state index contributed by atoms with van der Waals surface area (Å²) < 4.78 is 0. The van der Waals surface area contributed by atoms with E-state index in [9.17, 15) is 4.79 Å². The Bertz CT molecular complexity index is 431. The van der Waals surface area contributed by atoms with E-state index in [0.717, 1.165) is 19.3 Å². The molecule has 1 heterocycles. The summed E-state index contributed by atoms with van der Waals surface area (Å²) in [5.41, 5.74) is 0.787. The maximum atomic E-state index is 12.0. The molecule has 1 aromatic rings. The molecule has 0 aromatic carbocycles. The Balaban J connectivity index is 2.01. The fourth-order valence-corrected chi connectivity index (χ4v) is 2.56. The van der Waals surface area contributed by atoms with E-state index in [4.69, 9.17) is 11.6 Å². The van der Waals surface area contributed by atoms with Crippen molar-refractivity contribution in [2.75, 3.05) is 0 Å². The molecule has 3 nitrogen and oxygen atoms in total. The van der Waals surface area contributed by atoms with Crippen LogP contribution in [0.15, 0.2) is 18.5 Å². The molecule has 0 bridgehead atoms. The highest BCUT2D eigenvalue weighted by atomic mass is 35.5. The van der Waals surface area contributed by atoms with Crippen molar-refractivity contribution in [2.24, 2.45) is 5.41 Å². The summed E-state index contributed by atoms with van der Waals surface area (Å²) in [5.74, 6) is -0.120. The first kappa shape index (κ1) is 12.4. The number of nitrogens with one attached hydrogen (secondary N) is 1. The number of amides is 1. The minimum absolute atomic E-state index is 0.120. The third-order valence-electron chi connectivity index (χ3n) is 3.32. The molecule has 1 amide bonds. The third kappa shape index (κ3) is 2.97. The van der Waals surface area contributed by atoms with Gasteiger partial charge in [0.05, 0.1) is 10.6 Å². The van der Waals surface area contributed by atoms with Crippen LogP contribution in [0.5, 0.6) is 0 Å². The molecule has 0 spiro atoms. The highest BCUT2D eigenvalue weighted by Gasteiger charge is 2.31. The lowest BCUT2D eigenvalue weighted by atomic mass is 9.92. The molecule has 1 aliphatic rings. The molecule has 1 atom stereocenters. The van der Waals surface area contributed by atoms with Gasteiger partial charge >= 0.3 is 0 Å². The van der Waals surface area contributed by atoms with Crippen molar-refractivity contribution in [3.63, 3.8) is 0 Å². The smallest absolute Gasteiger partial charge is 0.254 e. The average Bonchev–Trinajstić information content (AvgIpc) is 2.58. The van der Waals surface area contributed by atoms with Gasteiger partial charge in [0.15, 0.2) is 0 Å². The molecule has 2 rings (SSSR count).